The van der Waals surface area contributed by atoms with Crippen molar-refractivity contribution >= 4 is 23.3 Å². The van der Waals surface area contributed by atoms with Gasteiger partial charge in [-0.3, -0.25) is 19.7 Å². The number of nitro benzene ring substituents is 1. The monoisotopic (exact) mass is 320 g/mol. The van der Waals surface area contributed by atoms with E-state index < -0.39 is 46.5 Å². The number of rotatable bonds is 5. The lowest BCUT2D eigenvalue weighted by Crippen LogP contribution is -2.22. The Balaban J connectivity index is 2.96. The highest BCUT2D eigenvalue weighted by Crippen LogP contribution is 2.37. The summed E-state index contributed by atoms with van der Waals surface area (Å²) < 4.78 is 43.0. The van der Waals surface area contributed by atoms with Crippen molar-refractivity contribution in [3.05, 3.63) is 33.9 Å². The Hall–Kier alpha value is -2.65. The first-order valence-electron chi connectivity index (χ1n) is 5.96. The van der Waals surface area contributed by atoms with Crippen LogP contribution in [0.5, 0.6) is 0 Å². The number of carbonyl (C=O) groups is 2. The van der Waals surface area contributed by atoms with Crippen LogP contribution in [0, 0.1) is 10.1 Å². The third-order valence-corrected chi connectivity index (χ3v) is 2.45. The van der Waals surface area contributed by atoms with Gasteiger partial charge in [-0.15, -0.1) is 0 Å². The number of nitrogens with one attached hydrogen (secondary N) is 1. The van der Waals surface area contributed by atoms with E-state index in [-0.39, 0.29) is 6.42 Å². The second-order valence-corrected chi connectivity index (χ2v) is 4.05. The van der Waals surface area contributed by atoms with Gasteiger partial charge in [0, 0.05) is 18.6 Å². The van der Waals surface area contributed by atoms with Gasteiger partial charge >= 0.3 is 12.1 Å². The van der Waals surface area contributed by atoms with E-state index in [1.54, 1.807) is 0 Å². The smallest absolute Gasteiger partial charge is 0.418 e. The van der Waals surface area contributed by atoms with Crippen LogP contribution in [0.4, 0.5) is 24.5 Å². The Labute approximate surface area is 122 Å². The number of hydrogen-bond donors (Lipinski definition) is 1. The van der Waals surface area contributed by atoms with Crippen LogP contribution in [0.3, 0.4) is 0 Å². The minimum absolute atomic E-state index is 0.0125. The molecule has 120 valence electrons. The number of carbonyl (C=O) groups excluding carboxylic acids is 2. The van der Waals surface area contributed by atoms with Crippen LogP contribution in [-0.2, 0) is 20.5 Å². The summed E-state index contributed by atoms with van der Waals surface area (Å²) >= 11 is 0. The summed E-state index contributed by atoms with van der Waals surface area (Å²) in [4.78, 5) is 31.8. The minimum Gasteiger partial charge on any atom is -0.456 e. The summed E-state index contributed by atoms with van der Waals surface area (Å²) in [5.41, 5.74) is -2.78. The predicted octanol–water partition coefficient (Wildman–Crippen LogP) is 2.51. The lowest BCUT2D eigenvalue weighted by molar-refractivity contribution is -0.385. The highest BCUT2D eigenvalue weighted by Gasteiger charge is 2.35. The largest absolute Gasteiger partial charge is 0.456 e. The van der Waals surface area contributed by atoms with Gasteiger partial charge < -0.3 is 10.1 Å². The maximum absolute atomic E-state index is 12.9. The van der Waals surface area contributed by atoms with Crippen molar-refractivity contribution in [2.24, 2.45) is 0 Å². The van der Waals surface area contributed by atoms with Crippen LogP contribution in [0.15, 0.2) is 18.2 Å². The highest BCUT2D eigenvalue weighted by atomic mass is 19.4. The second kappa shape index (κ2) is 6.87. The summed E-state index contributed by atoms with van der Waals surface area (Å²) in [7, 11) is 0. The molecule has 0 unspecified atom stereocenters. The van der Waals surface area contributed by atoms with Crippen molar-refractivity contribution in [1.29, 1.82) is 0 Å². The van der Waals surface area contributed by atoms with Gasteiger partial charge in [0.2, 0.25) is 0 Å². The molecular weight excluding hydrogens is 309 g/mol. The standard InChI is InChI=1S/C12H11F3N2O5/c1-2-11(19)22-6-10(18)16-9-4-3-7(17(20)21)5-8(9)12(13,14)15/h3-5H,2,6H2,1H3,(H,16,18). The fourth-order valence-electron chi connectivity index (χ4n) is 1.42. The molecule has 1 aromatic rings. The number of esters is 1. The lowest BCUT2D eigenvalue weighted by Gasteiger charge is -2.13. The molecule has 0 atom stereocenters. The van der Waals surface area contributed by atoms with Gasteiger partial charge in [0.05, 0.1) is 16.2 Å². The molecule has 0 saturated carbocycles. The molecule has 0 saturated heterocycles. The Bertz CT molecular complexity index is 601. The summed E-state index contributed by atoms with van der Waals surface area (Å²) in [6.07, 6.45) is -4.88. The van der Waals surface area contributed by atoms with E-state index in [1.807, 2.05) is 5.32 Å². The van der Waals surface area contributed by atoms with Crippen molar-refractivity contribution in [1.82, 2.24) is 0 Å². The Morgan fingerprint density at radius 3 is 2.50 bits per heavy atom. The van der Waals surface area contributed by atoms with Crippen molar-refractivity contribution in [3.63, 3.8) is 0 Å². The van der Waals surface area contributed by atoms with E-state index in [4.69, 9.17) is 0 Å². The molecular formula is C12H11F3N2O5. The number of nitro groups is 1. The third kappa shape index (κ3) is 4.72. The van der Waals surface area contributed by atoms with Crippen LogP contribution < -0.4 is 5.32 Å². The van der Waals surface area contributed by atoms with E-state index in [1.165, 1.54) is 6.92 Å². The molecule has 0 radical (unpaired) electrons. The zero-order chi connectivity index (χ0) is 16.9. The number of amides is 1. The lowest BCUT2D eigenvalue weighted by atomic mass is 10.1. The van der Waals surface area contributed by atoms with Gasteiger partial charge in [-0.1, -0.05) is 6.92 Å². The van der Waals surface area contributed by atoms with E-state index in [9.17, 15) is 32.9 Å². The molecule has 0 heterocycles. The van der Waals surface area contributed by atoms with Crippen molar-refractivity contribution < 1.29 is 32.4 Å². The number of benzene rings is 1. The number of anilines is 1. The number of hydrogen-bond acceptors (Lipinski definition) is 5. The number of non-ortho nitro benzene ring substituents is 1. The predicted molar refractivity (Wildman–Crippen MR) is 68.0 cm³/mol. The summed E-state index contributed by atoms with van der Waals surface area (Å²) in [6.45, 7) is 0.735. The first-order chi connectivity index (χ1) is 10.1. The van der Waals surface area contributed by atoms with Crippen molar-refractivity contribution in [3.8, 4) is 0 Å². The van der Waals surface area contributed by atoms with Gasteiger partial charge in [-0.2, -0.15) is 13.2 Å². The number of alkyl halides is 3. The minimum atomic E-state index is -4.89. The third-order valence-electron chi connectivity index (χ3n) is 2.45. The van der Waals surface area contributed by atoms with E-state index >= 15 is 0 Å². The maximum atomic E-state index is 12.9. The Morgan fingerprint density at radius 2 is 2.00 bits per heavy atom. The highest BCUT2D eigenvalue weighted by molar-refractivity contribution is 5.93. The number of halogens is 3. The van der Waals surface area contributed by atoms with Crippen LogP contribution in [-0.4, -0.2) is 23.4 Å². The number of ether oxygens (including phenoxy) is 1. The van der Waals surface area contributed by atoms with Gasteiger partial charge in [0.15, 0.2) is 6.61 Å². The maximum Gasteiger partial charge on any atom is 0.418 e. The molecule has 1 amide bonds. The zero-order valence-corrected chi connectivity index (χ0v) is 11.3. The molecule has 7 nitrogen and oxygen atoms in total. The fraction of sp³-hybridized carbons (Fsp3) is 0.333. The molecule has 1 N–H and O–H groups in total. The van der Waals surface area contributed by atoms with Crippen LogP contribution in [0.25, 0.3) is 0 Å². The quantitative estimate of drug-likeness (QED) is 0.510. The topological polar surface area (TPSA) is 98.5 Å². The van der Waals surface area contributed by atoms with Crippen LogP contribution >= 0.6 is 0 Å². The van der Waals surface area contributed by atoms with Gasteiger partial charge in [0.1, 0.15) is 0 Å². The van der Waals surface area contributed by atoms with Crippen LogP contribution in [0.1, 0.15) is 18.9 Å². The molecule has 0 aliphatic carbocycles. The normalized spacial score (nSPS) is 10.9. The molecule has 1 rings (SSSR count). The molecule has 0 aromatic heterocycles. The molecule has 1 aromatic carbocycles. The summed E-state index contributed by atoms with van der Waals surface area (Å²) in [5.74, 6) is -1.67. The summed E-state index contributed by atoms with van der Waals surface area (Å²) in [6, 6.07) is 1.90. The van der Waals surface area contributed by atoms with Crippen molar-refractivity contribution in [2.45, 2.75) is 19.5 Å². The Morgan fingerprint density at radius 1 is 1.36 bits per heavy atom. The van der Waals surface area contributed by atoms with E-state index in [0.29, 0.717) is 6.07 Å². The molecule has 10 heteroatoms. The molecule has 22 heavy (non-hydrogen) atoms. The molecule has 0 aliphatic rings. The molecule has 0 bridgehead atoms. The van der Waals surface area contributed by atoms with E-state index in [0.717, 1.165) is 12.1 Å². The SMILES string of the molecule is CCC(=O)OCC(=O)Nc1ccc([N+](=O)[O-])cc1C(F)(F)F. The summed E-state index contributed by atoms with van der Waals surface area (Å²) in [5, 5.41) is 12.4. The first-order valence-corrected chi connectivity index (χ1v) is 5.96. The van der Waals surface area contributed by atoms with E-state index in [2.05, 4.69) is 4.74 Å². The van der Waals surface area contributed by atoms with Gasteiger partial charge in [-0.05, 0) is 6.07 Å². The molecule has 0 spiro atoms. The average Bonchev–Trinajstić information content (AvgIpc) is 2.43. The van der Waals surface area contributed by atoms with Gasteiger partial charge in [-0.25, -0.2) is 0 Å². The van der Waals surface area contributed by atoms with Crippen molar-refractivity contribution in [2.75, 3.05) is 11.9 Å². The molecule has 0 aliphatic heterocycles. The fourth-order valence-corrected chi connectivity index (χ4v) is 1.42. The average molecular weight is 320 g/mol. The first kappa shape index (κ1) is 17.4. The second-order valence-electron chi connectivity index (χ2n) is 4.05. The van der Waals surface area contributed by atoms with Gasteiger partial charge in [0.25, 0.3) is 11.6 Å². The number of nitrogens with zero attached hydrogens (tertiary/aromatic N) is 1. The van der Waals surface area contributed by atoms with Crippen LogP contribution in [0.2, 0.25) is 0 Å². The zero-order valence-electron chi connectivity index (χ0n) is 11.3. The Kier molecular flexibility index (Phi) is 5.44. The molecule has 0 fully saturated rings.